The van der Waals surface area contributed by atoms with Gasteiger partial charge in [-0.3, -0.25) is 14.4 Å². The standard InChI is InChI=1S/C23H14BrClN4O3/c1-12-18(23(32)28(27-12)14-7-5-13(25)6-8-14)11-26-29-21(30)16-4-2-3-15-19(24)10-9-17(20(15)16)22(29)31/h2-11,18H,1H3/t18-/m0/s1. The third-order valence-electron chi connectivity index (χ3n) is 5.42. The van der Waals surface area contributed by atoms with Crippen LogP contribution in [0, 0.1) is 5.92 Å². The summed E-state index contributed by atoms with van der Waals surface area (Å²) in [5.74, 6) is -2.22. The summed E-state index contributed by atoms with van der Waals surface area (Å²) in [6.45, 7) is 1.69. The first-order valence-corrected chi connectivity index (χ1v) is 10.8. The number of amides is 3. The highest BCUT2D eigenvalue weighted by atomic mass is 79.9. The van der Waals surface area contributed by atoms with Crippen LogP contribution in [0.5, 0.6) is 0 Å². The zero-order chi connectivity index (χ0) is 22.6. The molecule has 0 unspecified atom stereocenters. The first-order valence-electron chi connectivity index (χ1n) is 9.65. The maximum Gasteiger partial charge on any atom is 0.282 e. The number of benzene rings is 3. The molecule has 7 nitrogen and oxygen atoms in total. The molecular weight excluding hydrogens is 496 g/mol. The topological polar surface area (TPSA) is 82.4 Å². The monoisotopic (exact) mass is 508 g/mol. The first-order chi connectivity index (χ1) is 15.4. The minimum absolute atomic E-state index is 0.336. The van der Waals surface area contributed by atoms with Gasteiger partial charge >= 0.3 is 0 Å². The Balaban J connectivity index is 1.46. The van der Waals surface area contributed by atoms with Crippen LogP contribution in [0.2, 0.25) is 5.02 Å². The molecule has 0 bridgehead atoms. The zero-order valence-electron chi connectivity index (χ0n) is 16.6. The van der Waals surface area contributed by atoms with Gasteiger partial charge in [-0.15, -0.1) is 0 Å². The maximum atomic E-state index is 13.0. The number of halogens is 2. The molecule has 2 aliphatic rings. The molecule has 9 heteroatoms. The highest BCUT2D eigenvalue weighted by molar-refractivity contribution is 9.10. The van der Waals surface area contributed by atoms with Gasteiger partial charge in [-0.05, 0) is 54.8 Å². The van der Waals surface area contributed by atoms with Crippen molar-refractivity contribution in [2.24, 2.45) is 16.1 Å². The van der Waals surface area contributed by atoms with Crippen molar-refractivity contribution in [2.45, 2.75) is 6.92 Å². The number of rotatable bonds is 3. The largest absolute Gasteiger partial charge is 0.282 e. The summed E-state index contributed by atoms with van der Waals surface area (Å²) in [7, 11) is 0. The van der Waals surface area contributed by atoms with Gasteiger partial charge in [-0.2, -0.15) is 20.2 Å². The van der Waals surface area contributed by atoms with Gasteiger partial charge in [0.05, 0.1) is 22.5 Å². The second kappa shape index (κ2) is 7.65. The van der Waals surface area contributed by atoms with Gasteiger partial charge in [0.1, 0.15) is 5.92 Å². The maximum absolute atomic E-state index is 13.0. The second-order valence-corrected chi connectivity index (χ2v) is 8.65. The lowest BCUT2D eigenvalue weighted by Crippen LogP contribution is -2.37. The van der Waals surface area contributed by atoms with Crippen LogP contribution in [0.25, 0.3) is 10.8 Å². The number of imide groups is 1. The van der Waals surface area contributed by atoms with E-state index in [9.17, 15) is 14.4 Å². The summed E-state index contributed by atoms with van der Waals surface area (Å²) in [6, 6.07) is 15.4. The van der Waals surface area contributed by atoms with Gasteiger partial charge in [0, 0.05) is 21.1 Å². The molecule has 158 valence electrons. The quantitative estimate of drug-likeness (QED) is 0.373. The van der Waals surface area contributed by atoms with E-state index >= 15 is 0 Å². The van der Waals surface area contributed by atoms with E-state index in [0.29, 0.717) is 32.9 Å². The fourth-order valence-corrected chi connectivity index (χ4v) is 4.39. The lowest BCUT2D eigenvalue weighted by Gasteiger charge is -2.23. The van der Waals surface area contributed by atoms with Gasteiger partial charge in [0.15, 0.2) is 0 Å². The lowest BCUT2D eigenvalue weighted by molar-refractivity contribution is -0.118. The summed E-state index contributed by atoms with van der Waals surface area (Å²) in [5.41, 5.74) is 1.81. The minimum atomic E-state index is -0.798. The van der Waals surface area contributed by atoms with Crippen LogP contribution < -0.4 is 5.01 Å². The average Bonchev–Trinajstić information content (AvgIpc) is 3.07. The van der Waals surface area contributed by atoms with E-state index in [-0.39, 0.29) is 5.91 Å². The van der Waals surface area contributed by atoms with E-state index in [1.54, 1.807) is 55.5 Å². The second-order valence-electron chi connectivity index (χ2n) is 7.36. The summed E-state index contributed by atoms with van der Waals surface area (Å²) < 4.78 is 0.793. The molecule has 0 spiro atoms. The van der Waals surface area contributed by atoms with Crippen molar-refractivity contribution >= 4 is 73.6 Å². The number of hydrogen-bond donors (Lipinski definition) is 0. The fourth-order valence-electron chi connectivity index (χ4n) is 3.80. The predicted molar refractivity (Wildman–Crippen MR) is 126 cm³/mol. The van der Waals surface area contributed by atoms with E-state index in [1.165, 1.54) is 11.2 Å². The smallest absolute Gasteiger partial charge is 0.271 e. The molecule has 2 aliphatic heterocycles. The molecular formula is C23H14BrClN4O3. The number of hydrazone groups is 2. The van der Waals surface area contributed by atoms with Crippen LogP contribution in [0.1, 0.15) is 27.6 Å². The van der Waals surface area contributed by atoms with Gasteiger partial charge in [-0.25, -0.2) is 0 Å². The van der Waals surface area contributed by atoms with Crippen LogP contribution in [-0.4, -0.2) is 34.7 Å². The summed E-state index contributed by atoms with van der Waals surface area (Å²) in [6.07, 6.45) is 1.29. The third kappa shape index (κ3) is 3.14. The molecule has 1 atom stereocenters. The number of carbonyl (C=O) groups is 3. The van der Waals surface area contributed by atoms with Crippen molar-refractivity contribution < 1.29 is 14.4 Å². The Hall–Kier alpha value is -3.36. The Morgan fingerprint density at radius 1 is 1.00 bits per heavy atom. The van der Waals surface area contributed by atoms with Crippen molar-refractivity contribution in [2.75, 3.05) is 5.01 Å². The molecule has 3 aromatic rings. The molecule has 32 heavy (non-hydrogen) atoms. The number of nitrogens with zero attached hydrogens (tertiary/aromatic N) is 4. The van der Waals surface area contributed by atoms with E-state index < -0.39 is 17.7 Å². The molecule has 5 rings (SSSR count). The number of anilines is 1. The van der Waals surface area contributed by atoms with E-state index in [2.05, 4.69) is 26.1 Å². The SMILES string of the molecule is CC1=NN(c2ccc(Cl)cc2)C(=O)[C@H]1C=NN1C(=O)c2cccc3c(Br)ccc(c23)C1=O. The van der Waals surface area contributed by atoms with E-state index in [0.717, 1.165) is 14.9 Å². The zero-order valence-corrected chi connectivity index (χ0v) is 19.0. The number of hydrogen-bond acceptors (Lipinski definition) is 5. The highest BCUT2D eigenvalue weighted by Gasteiger charge is 2.36. The molecule has 3 aromatic carbocycles. The summed E-state index contributed by atoms with van der Waals surface area (Å²) >= 11 is 9.38. The Kier molecular flexibility index (Phi) is 4.91. The van der Waals surface area contributed by atoms with Gasteiger partial charge in [0.25, 0.3) is 17.7 Å². The minimum Gasteiger partial charge on any atom is -0.271 e. The van der Waals surface area contributed by atoms with E-state index in [4.69, 9.17) is 11.6 Å². The fraction of sp³-hybridized carbons (Fsp3) is 0.0870. The van der Waals surface area contributed by atoms with Crippen molar-refractivity contribution in [3.63, 3.8) is 0 Å². The van der Waals surface area contributed by atoms with E-state index in [1.807, 2.05) is 6.07 Å². The van der Waals surface area contributed by atoms with Gasteiger partial charge in [0.2, 0.25) is 0 Å². The summed E-state index contributed by atoms with van der Waals surface area (Å²) in [5, 5.41) is 12.4. The molecule has 0 N–H and O–H groups in total. The van der Waals surface area contributed by atoms with Crippen molar-refractivity contribution in [1.82, 2.24) is 5.01 Å². The normalized spacial score (nSPS) is 18.3. The van der Waals surface area contributed by atoms with Crippen molar-refractivity contribution in [3.05, 3.63) is 75.2 Å². The molecule has 0 radical (unpaired) electrons. The van der Waals surface area contributed by atoms with Gasteiger partial charge < -0.3 is 0 Å². The predicted octanol–water partition coefficient (Wildman–Crippen LogP) is 4.88. The van der Waals surface area contributed by atoms with Crippen LogP contribution in [0.3, 0.4) is 0 Å². The van der Waals surface area contributed by atoms with Crippen LogP contribution in [0.4, 0.5) is 5.69 Å². The Morgan fingerprint density at radius 3 is 2.41 bits per heavy atom. The summed E-state index contributed by atoms with van der Waals surface area (Å²) in [4.78, 5) is 39.0. The third-order valence-corrected chi connectivity index (χ3v) is 6.36. The average molecular weight is 510 g/mol. The molecule has 0 aromatic heterocycles. The Morgan fingerprint density at radius 2 is 1.69 bits per heavy atom. The first kappa shape index (κ1) is 20.5. The van der Waals surface area contributed by atoms with Crippen LogP contribution >= 0.6 is 27.5 Å². The van der Waals surface area contributed by atoms with Gasteiger partial charge in [-0.1, -0.05) is 39.7 Å². The Bertz CT molecular complexity index is 1360. The van der Waals surface area contributed by atoms with Crippen molar-refractivity contribution in [3.8, 4) is 0 Å². The molecule has 0 fully saturated rings. The number of carbonyl (C=O) groups excluding carboxylic acids is 3. The molecule has 3 amide bonds. The molecule has 0 aliphatic carbocycles. The molecule has 2 heterocycles. The highest BCUT2D eigenvalue weighted by Crippen LogP contribution is 2.34. The van der Waals surface area contributed by atoms with Crippen LogP contribution in [-0.2, 0) is 4.79 Å². The van der Waals surface area contributed by atoms with Crippen molar-refractivity contribution in [1.29, 1.82) is 0 Å². The van der Waals surface area contributed by atoms with Crippen LogP contribution in [0.15, 0.2) is 69.3 Å². The Labute approximate surface area is 196 Å². The lowest BCUT2D eigenvalue weighted by atomic mass is 9.95. The molecule has 0 saturated carbocycles. The molecule has 0 saturated heterocycles.